The molecule has 0 spiro atoms. The van der Waals surface area contributed by atoms with E-state index in [1.54, 1.807) is 60.7 Å². The summed E-state index contributed by atoms with van der Waals surface area (Å²) < 4.78 is 5.40. The molecule has 5 nitrogen and oxygen atoms in total. The van der Waals surface area contributed by atoms with E-state index in [1.165, 1.54) is 6.08 Å². The van der Waals surface area contributed by atoms with Gasteiger partial charge in [-0.05, 0) is 61.0 Å². The van der Waals surface area contributed by atoms with Gasteiger partial charge in [0.15, 0.2) is 0 Å². The van der Waals surface area contributed by atoms with Crippen LogP contribution in [0, 0.1) is 18.3 Å². The van der Waals surface area contributed by atoms with Gasteiger partial charge in [-0.3, -0.25) is 4.79 Å². The maximum atomic E-state index is 12.4. The molecule has 0 atom stereocenters. The quantitative estimate of drug-likeness (QED) is 0.261. The van der Waals surface area contributed by atoms with Crippen LogP contribution in [0.4, 0.5) is 5.69 Å². The van der Waals surface area contributed by atoms with E-state index in [1.807, 2.05) is 25.1 Å². The average Bonchev–Trinajstić information content (AvgIpc) is 2.72. The van der Waals surface area contributed by atoms with E-state index in [9.17, 15) is 14.9 Å². The van der Waals surface area contributed by atoms with E-state index in [4.69, 9.17) is 16.3 Å². The molecule has 30 heavy (non-hydrogen) atoms. The number of anilines is 1. The highest BCUT2D eigenvalue weighted by Gasteiger charge is 2.11. The number of benzene rings is 3. The number of carbonyl (C=O) groups excluding carboxylic acids is 2. The second-order valence-electron chi connectivity index (χ2n) is 6.46. The SMILES string of the molecule is Cc1ccc(C(=O)Oc2cccc(/C=C(\C#N)C(=O)Nc3cccc(Cl)c3)c2)cc1. The van der Waals surface area contributed by atoms with Crippen molar-refractivity contribution in [3.63, 3.8) is 0 Å². The van der Waals surface area contributed by atoms with Gasteiger partial charge in [-0.15, -0.1) is 0 Å². The molecule has 0 unspecified atom stereocenters. The number of nitrogens with zero attached hydrogens (tertiary/aromatic N) is 1. The fourth-order valence-electron chi connectivity index (χ4n) is 2.60. The van der Waals surface area contributed by atoms with Crippen LogP contribution in [-0.2, 0) is 4.79 Å². The summed E-state index contributed by atoms with van der Waals surface area (Å²) in [6.07, 6.45) is 1.42. The summed E-state index contributed by atoms with van der Waals surface area (Å²) in [5, 5.41) is 12.5. The minimum atomic E-state index is -0.568. The first kappa shape index (κ1) is 20.8. The third-order valence-corrected chi connectivity index (χ3v) is 4.35. The summed E-state index contributed by atoms with van der Waals surface area (Å²) in [7, 11) is 0. The summed E-state index contributed by atoms with van der Waals surface area (Å²) in [4.78, 5) is 24.7. The van der Waals surface area contributed by atoms with Crippen molar-refractivity contribution >= 4 is 35.2 Å². The van der Waals surface area contributed by atoms with E-state index in [2.05, 4.69) is 5.32 Å². The predicted octanol–water partition coefficient (Wildman–Crippen LogP) is 5.41. The van der Waals surface area contributed by atoms with Gasteiger partial charge in [0.1, 0.15) is 17.4 Å². The maximum absolute atomic E-state index is 12.4. The molecule has 0 fully saturated rings. The molecule has 0 heterocycles. The molecular formula is C24H17ClN2O3. The molecule has 6 heteroatoms. The van der Waals surface area contributed by atoms with Crippen LogP contribution in [0.5, 0.6) is 5.75 Å². The third-order valence-electron chi connectivity index (χ3n) is 4.11. The smallest absolute Gasteiger partial charge is 0.343 e. The van der Waals surface area contributed by atoms with Crippen LogP contribution >= 0.6 is 11.6 Å². The minimum absolute atomic E-state index is 0.100. The van der Waals surface area contributed by atoms with Crippen LogP contribution in [0.2, 0.25) is 5.02 Å². The van der Waals surface area contributed by atoms with Gasteiger partial charge in [0.25, 0.3) is 5.91 Å². The van der Waals surface area contributed by atoms with E-state index in [0.29, 0.717) is 27.6 Å². The number of carbonyl (C=O) groups is 2. The van der Waals surface area contributed by atoms with Crippen molar-refractivity contribution in [3.05, 3.63) is 100 Å². The molecule has 1 amide bonds. The number of nitriles is 1. The van der Waals surface area contributed by atoms with Crippen LogP contribution in [0.1, 0.15) is 21.5 Å². The van der Waals surface area contributed by atoms with Crippen LogP contribution in [-0.4, -0.2) is 11.9 Å². The average molecular weight is 417 g/mol. The van der Waals surface area contributed by atoms with Crippen LogP contribution in [0.15, 0.2) is 78.4 Å². The number of esters is 1. The number of rotatable bonds is 5. The lowest BCUT2D eigenvalue weighted by Crippen LogP contribution is -2.13. The highest BCUT2D eigenvalue weighted by molar-refractivity contribution is 6.31. The van der Waals surface area contributed by atoms with Crippen LogP contribution in [0.25, 0.3) is 6.08 Å². The number of nitrogens with one attached hydrogen (secondary N) is 1. The van der Waals surface area contributed by atoms with E-state index in [0.717, 1.165) is 5.56 Å². The second kappa shape index (κ2) is 9.55. The van der Waals surface area contributed by atoms with Crippen molar-refractivity contribution in [2.75, 3.05) is 5.32 Å². The van der Waals surface area contributed by atoms with Crippen molar-refractivity contribution in [3.8, 4) is 11.8 Å². The fourth-order valence-corrected chi connectivity index (χ4v) is 2.79. The lowest BCUT2D eigenvalue weighted by Gasteiger charge is -2.07. The van der Waals surface area contributed by atoms with Crippen molar-refractivity contribution in [2.24, 2.45) is 0 Å². The first-order valence-electron chi connectivity index (χ1n) is 9.02. The number of ether oxygens (including phenoxy) is 1. The first-order valence-corrected chi connectivity index (χ1v) is 9.40. The first-order chi connectivity index (χ1) is 14.4. The zero-order chi connectivity index (χ0) is 21.5. The molecular weight excluding hydrogens is 400 g/mol. The highest BCUT2D eigenvalue weighted by atomic mass is 35.5. The molecule has 0 radical (unpaired) electrons. The Kier molecular flexibility index (Phi) is 6.63. The third kappa shape index (κ3) is 5.57. The normalized spacial score (nSPS) is 10.8. The van der Waals surface area contributed by atoms with Gasteiger partial charge in [0.05, 0.1) is 5.56 Å². The zero-order valence-electron chi connectivity index (χ0n) is 16.1. The Balaban J connectivity index is 1.75. The maximum Gasteiger partial charge on any atom is 0.343 e. The topological polar surface area (TPSA) is 79.2 Å². The van der Waals surface area contributed by atoms with Gasteiger partial charge in [-0.1, -0.05) is 47.5 Å². The van der Waals surface area contributed by atoms with E-state index in [-0.39, 0.29) is 5.57 Å². The Labute approximate surface area is 179 Å². The van der Waals surface area contributed by atoms with Crippen molar-refractivity contribution in [1.29, 1.82) is 5.26 Å². The van der Waals surface area contributed by atoms with Crippen molar-refractivity contribution in [2.45, 2.75) is 6.92 Å². The molecule has 0 aliphatic heterocycles. The Morgan fingerprint density at radius 2 is 1.77 bits per heavy atom. The molecule has 0 saturated heterocycles. The molecule has 148 valence electrons. The van der Waals surface area contributed by atoms with Crippen LogP contribution in [0.3, 0.4) is 0 Å². The number of aryl methyl sites for hydroxylation is 1. The second-order valence-corrected chi connectivity index (χ2v) is 6.90. The van der Waals surface area contributed by atoms with Gasteiger partial charge in [0, 0.05) is 10.7 Å². The number of amides is 1. The Bertz CT molecular complexity index is 1160. The van der Waals surface area contributed by atoms with Gasteiger partial charge in [-0.25, -0.2) is 4.79 Å². The molecule has 0 saturated carbocycles. The number of halogens is 1. The molecule has 1 N–H and O–H groups in total. The Hall–Kier alpha value is -3.88. The van der Waals surface area contributed by atoms with E-state index < -0.39 is 11.9 Å². The summed E-state index contributed by atoms with van der Waals surface area (Å²) >= 11 is 5.91. The minimum Gasteiger partial charge on any atom is -0.423 e. The van der Waals surface area contributed by atoms with Crippen LogP contribution < -0.4 is 10.1 Å². The fraction of sp³-hybridized carbons (Fsp3) is 0.0417. The molecule has 0 aromatic heterocycles. The molecule has 0 bridgehead atoms. The molecule has 3 rings (SSSR count). The summed E-state index contributed by atoms with van der Waals surface area (Å²) in [5.74, 6) is -0.751. The monoisotopic (exact) mass is 416 g/mol. The number of hydrogen-bond acceptors (Lipinski definition) is 4. The standard InChI is InChI=1S/C24H17ClN2O3/c1-16-8-10-18(11-9-16)24(29)30-22-7-2-4-17(13-22)12-19(15-26)23(28)27-21-6-3-5-20(25)14-21/h2-14H,1H3,(H,27,28)/b19-12+. The van der Waals surface area contributed by atoms with Gasteiger partial charge < -0.3 is 10.1 Å². The van der Waals surface area contributed by atoms with Gasteiger partial charge in [-0.2, -0.15) is 5.26 Å². The lowest BCUT2D eigenvalue weighted by molar-refractivity contribution is -0.112. The molecule has 0 aliphatic rings. The van der Waals surface area contributed by atoms with Gasteiger partial charge >= 0.3 is 5.97 Å². The lowest BCUT2D eigenvalue weighted by atomic mass is 10.1. The Morgan fingerprint density at radius 1 is 1.03 bits per heavy atom. The summed E-state index contributed by atoms with van der Waals surface area (Å²) in [6.45, 7) is 1.93. The summed E-state index contributed by atoms with van der Waals surface area (Å²) in [6, 6.07) is 22.1. The molecule has 0 aliphatic carbocycles. The van der Waals surface area contributed by atoms with Crippen molar-refractivity contribution < 1.29 is 14.3 Å². The zero-order valence-corrected chi connectivity index (χ0v) is 16.8. The number of hydrogen-bond donors (Lipinski definition) is 1. The van der Waals surface area contributed by atoms with Gasteiger partial charge in [0.2, 0.25) is 0 Å². The largest absolute Gasteiger partial charge is 0.423 e. The summed E-state index contributed by atoms with van der Waals surface area (Å²) in [5.41, 5.74) is 2.40. The highest BCUT2D eigenvalue weighted by Crippen LogP contribution is 2.19. The van der Waals surface area contributed by atoms with E-state index >= 15 is 0 Å². The predicted molar refractivity (Wildman–Crippen MR) is 116 cm³/mol. The molecule has 3 aromatic carbocycles. The van der Waals surface area contributed by atoms with Crippen molar-refractivity contribution in [1.82, 2.24) is 0 Å². The molecule has 3 aromatic rings. The Morgan fingerprint density at radius 3 is 2.47 bits per heavy atom.